The van der Waals surface area contributed by atoms with Crippen LogP contribution >= 0.6 is 0 Å². The first kappa shape index (κ1) is 11.9. The van der Waals surface area contributed by atoms with Crippen molar-refractivity contribution in [2.24, 2.45) is 5.73 Å². The maximum atomic E-state index is 13.6. The lowest BCUT2D eigenvalue weighted by Crippen LogP contribution is -2.19. The normalized spacial score (nSPS) is 11.5. The molecule has 2 nitrogen and oxygen atoms in total. The Balaban J connectivity index is 3.15. The highest BCUT2D eigenvalue weighted by Crippen LogP contribution is 2.37. The average molecular weight is 215 g/mol. The molecule has 4 heteroatoms. The third-order valence-electron chi connectivity index (χ3n) is 2.21. The lowest BCUT2D eigenvalue weighted by Gasteiger charge is -2.19. The number of aryl methyl sites for hydroxylation is 1. The Labute approximate surface area is 88.0 Å². The van der Waals surface area contributed by atoms with Crippen LogP contribution in [0.1, 0.15) is 17.5 Å². The topological polar surface area (TPSA) is 35.2 Å². The van der Waals surface area contributed by atoms with Crippen LogP contribution in [-0.2, 0) is 5.92 Å². The lowest BCUT2D eigenvalue weighted by molar-refractivity contribution is -0.0128. The molecule has 0 aromatic heterocycles. The molecule has 1 rings (SSSR count). The quantitative estimate of drug-likeness (QED) is 0.837. The third-order valence-corrected chi connectivity index (χ3v) is 2.21. The number of halogens is 2. The molecule has 1 aromatic rings. The van der Waals surface area contributed by atoms with Crippen LogP contribution in [0.25, 0.3) is 0 Å². The molecule has 1 aromatic carbocycles. The van der Waals surface area contributed by atoms with E-state index in [1.807, 2.05) is 0 Å². The maximum absolute atomic E-state index is 13.6. The van der Waals surface area contributed by atoms with E-state index in [0.717, 1.165) is 5.56 Å². The number of methoxy groups -OCH3 is 1. The standard InChI is InChI=1S/C11H15F2NO/c1-8-3-4-10(15-2)9(7-8)11(12,13)5-6-14/h3-4,7H,5-6,14H2,1-2H3. The molecule has 15 heavy (non-hydrogen) atoms. The van der Waals surface area contributed by atoms with Gasteiger partial charge in [-0.05, 0) is 25.6 Å². The van der Waals surface area contributed by atoms with E-state index in [2.05, 4.69) is 0 Å². The van der Waals surface area contributed by atoms with Crippen LogP contribution in [0.3, 0.4) is 0 Å². The van der Waals surface area contributed by atoms with E-state index in [1.54, 1.807) is 19.1 Å². The third kappa shape index (κ3) is 2.65. The predicted molar refractivity (Wildman–Crippen MR) is 55.3 cm³/mol. The summed E-state index contributed by atoms with van der Waals surface area (Å²) >= 11 is 0. The van der Waals surface area contributed by atoms with Crippen molar-refractivity contribution in [1.29, 1.82) is 0 Å². The molecular weight excluding hydrogens is 200 g/mol. The van der Waals surface area contributed by atoms with Gasteiger partial charge in [0.1, 0.15) is 5.75 Å². The lowest BCUT2D eigenvalue weighted by atomic mass is 10.0. The zero-order chi connectivity index (χ0) is 11.5. The summed E-state index contributed by atoms with van der Waals surface area (Å²) < 4.78 is 32.2. The molecule has 0 saturated carbocycles. The van der Waals surface area contributed by atoms with Gasteiger partial charge in [-0.3, -0.25) is 0 Å². The van der Waals surface area contributed by atoms with Gasteiger partial charge in [-0.25, -0.2) is 8.78 Å². The van der Waals surface area contributed by atoms with Gasteiger partial charge >= 0.3 is 0 Å². The Morgan fingerprint density at radius 2 is 2.07 bits per heavy atom. The molecule has 2 N–H and O–H groups in total. The Morgan fingerprint density at radius 1 is 1.40 bits per heavy atom. The molecule has 0 radical (unpaired) electrons. The summed E-state index contributed by atoms with van der Waals surface area (Å²) in [7, 11) is 1.38. The second kappa shape index (κ2) is 4.57. The van der Waals surface area contributed by atoms with E-state index in [9.17, 15) is 8.78 Å². The first-order valence-corrected chi connectivity index (χ1v) is 4.74. The van der Waals surface area contributed by atoms with Gasteiger partial charge in [0.2, 0.25) is 0 Å². The van der Waals surface area contributed by atoms with Gasteiger partial charge in [-0.2, -0.15) is 0 Å². The van der Waals surface area contributed by atoms with Crippen molar-refractivity contribution in [3.8, 4) is 5.75 Å². The zero-order valence-electron chi connectivity index (χ0n) is 8.89. The van der Waals surface area contributed by atoms with Crippen molar-refractivity contribution in [2.45, 2.75) is 19.3 Å². The number of hydrogen-bond donors (Lipinski definition) is 1. The molecule has 0 aliphatic rings. The molecule has 0 fully saturated rings. The van der Waals surface area contributed by atoms with Crippen LogP contribution < -0.4 is 10.5 Å². The summed E-state index contributed by atoms with van der Waals surface area (Å²) in [5.41, 5.74) is 5.85. The van der Waals surface area contributed by atoms with Gasteiger partial charge in [0, 0.05) is 6.42 Å². The largest absolute Gasteiger partial charge is 0.496 e. The van der Waals surface area contributed by atoms with E-state index >= 15 is 0 Å². The highest BCUT2D eigenvalue weighted by Gasteiger charge is 2.33. The second-order valence-electron chi connectivity index (χ2n) is 3.45. The minimum atomic E-state index is -2.92. The molecule has 0 saturated heterocycles. The summed E-state index contributed by atoms with van der Waals surface area (Å²) in [5, 5.41) is 0. The molecule has 0 aliphatic heterocycles. The maximum Gasteiger partial charge on any atom is 0.278 e. The smallest absolute Gasteiger partial charge is 0.278 e. The van der Waals surface area contributed by atoms with Crippen molar-refractivity contribution in [2.75, 3.05) is 13.7 Å². The van der Waals surface area contributed by atoms with Crippen molar-refractivity contribution in [3.63, 3.8) is 0 Å². The first-order chi connectivity index (χ1) is 7.01. The molecule has 0 atom stereocenters. The number of rotatable bonds is 4. The number of nitrogens with two attached hydrogens (primary N) is 1. The van der Waals surface area contributed by atoms with Crippen molar-refractivity contribution in [3.05, 3.63) is 29.3 Å². The summed E-state index contributed by atoms with van der Waals surface area (Å²) in [5.74, 6) is -2.72. The highest BCUT2D eigenvalue weighted by molar-refractivity contribution is 5.39. The molecule has 0 heterocycles. The number of benzene rings is 1. The summed E-state index contributed by atoms with van der Waals surface area (Å²) in [6.07, 6.45) is -0.368. The number of ether oxygens (including phenoxy) is 1. The highest BCUT2D eigenvalue weighted by atomic mass is 19.3. The van der Waals surface area contributed by atoms with Crippen molar-refractivity contribution in [1.82, 2.24) is 0 Å². The second-order valence-corrected chi connectivity index (χ2v) is 3.45. The average Bonchev–Trinajstić information content (AvgIpc) is 2.17. The van der Waals surface area contributed by atoms with E-state index in [-0.39, 0.29) is 24.3 Å². The van der Waals surface area contributed by atoms with Crippen molar-refractivity contribution >= 4 is 0 Å². The fraction of sp³-hybridized carbons (Fsp3) is 0.455. The van der Waals surface area contributed by atoms with E-state index < -0.39 is 5.92 Å². The SMILES string of the molecule is COc1ccc(C)cc1C(F)(F)CCN. The van der Waals surface area contributed by atoms with Crippen LogP contribution in [0.4, 0.5) is 8.78 Å². The van der Waals surface area contributed by atoms with Crippen molar-refractivity contribution < 1.29 is 13.5 Å². The van der Waals surface area contributed by atoms with Gasteiger partial charge in [-0.1, -0.05) is 11.6 Å². The summed E-state index contributed by atoms with van der Waals surface area (Å²) in [6, 6.07) is 4.73. The first-order valence-electron chi connectivity index (χ1n) is 4.74. The van der Waals surface area contributed by atoms with Gasteiger partial charge in [0.15, 0.2) is 0 Å². The molecule has 84 valence electrons. The number of hydrogen-bond acceptors (Lipinski definition) is 2. The minimum absolute atomic E-state index is 0.0515. The van der Waals surface area contributed by atoms with Crippen LogP contribution in [0.15, 0.2) is 18.2 Å². The van der Waals surface area contributed by atoms with E-state index in [0.29, 0.717) is 0 Å². The van der Waals surface area contributed by atoms with Gasteiger partial charge in [-0.15, -0.1) is 0 Å². The fourth-order valence-electron chi connectivity index (χ4n) is 1.42. The molecule has 0 spiro atoms. The molecular formula is C11H15F2NO. The molecule has 0 aliphatic carbocycles. The Morgan fingerprint density at radius 3 is 2.60 bits per heavy atom. The van der Waals surface area contributed by atoms with Crippen LogP contribution in [0, 0.1) is 6.92 Å². The van der Waals surface area contributed by atoms with Gasteiger partial charge < -0.3 is 10.5 Å². The Kier molecular flexibility index (Phi) is 3.63. The summed E-state index contributed by atoms with van der Waals surface area (Å²) in [4.78, 5) is 0. The predicted octanol–water partition coefficient (Wildman–Crippen LogP) is 2.44. The molecule has 0 amide bonds. The van der Waals surface area contributed by atoms with Crippen LogP contribution in [0.5, 0.6) is 5.75 Å². The number of alkyl halides is 2. The Bertz CT molecular complexity index is 339. The monoisotopic (exact) mass is 215 g/mol. The van der Waals surface area contributed by atoms with Gasteiger partial charge in [0.05, 0.1) is 12.7 Å². The molecule has 0 bridgehead atoms. The van der Waals surface area contributed by atoms with E-state index in [4.69, 9.17) is 10.5 Å². The fourth-order valence-corrected chi connectivity index (χ4v) is 1.42. The van der Waals surface area contributed by atoms with Crippen LogP contribution in [-0.4, -0.2) is 13.7 Å². The zero-order valence-corrected chi connectivity index (χ0v) is 8.89. The van der Waals surface area contributed by atoms with Gasteiger partial charge in [0.25, 0.3) is 5.92 Å². The molecule has 0 unspecified atom stereocenters. The summed E-state index contributed by atoms with van der Waals surface area (Å²) in [6.45, 7) is 1.71. The van der Waals surface area contributed by atoms with E-state index in [1.165, 1.54) is 13.2 Å². The Hall–Kier alpha value is -1.16. The van der Waals surface area contributed by atoms with Crippen LogP contribution in [0.2, 0.25) is 0 Å². The minimum Gasteiger partial charge on any atom is -0.496 e.